The van der Waals surface area contributed by atoms with Crippen molar-refractivity contribution in [2.45, 2.75) is 38.4 Å². The smallest absolute Gasteiger partial charge is 0.310 e. The Hall–Kier alpha value is 0.410. The maximum Gasteiger partial charge on any atom is 0.389 e. The molecule has 104 valence electrons. The predicted molar refractivity (Wildman–Crippen MR) is 76.0 cm³/mol. The van der Waals surface area contributed by atoms with Gasteiger partial charge in [-0.2, -0.15) is 13.2 Å². The molecule has 18 heavy (non-hydrogen) atoms. The number of thiophene rings is 1. The van der Waals surface area contributed by atoms with E-state index in [1.54, 1.807) is 11.3 Å². The van der Waals surface area contributed by atoms with Gasteiger partial charge in [0.2, 0.25) is 0 Å². The number of hydrogen-bond donors (Lipinski definition) is 1. The van der Waals surface area contributed by atoms with Crippen molar-refractivity contribution in [1.82, 2.24) is 5.32 Å². The van der Waals surface area contributed by atoms with Crippen LogP contribution < -0.4 is 5.32 Å². The van der Waals surface area contributed by atoms with Gasteiger partial charge < -0.3 is 5.32 Å². The average molecular weight is 409 g/mol. The maximum absolute atomic E-state index is 12.1. The van der Waals surface area contributed by atoms with Gasteiger partial charge in [0.15, 0.2) is 0 Å². The van der Waals surface area contributed by atoms with E-state index in [1.807, 2.05) is 13.0 Å². The van der Waals surface area contributed by atoms with E-state index in [0.717, 1.165) is 19.7 Å². The van der Waals surface area contributed by atoms with Gasteiger partial charge in [-0.05, 0) is 57.3 Å². The van der Waals surface area contributed by atoms with Crippen molar-refractivity contribution >= 4 is 43.2 Å². The van der Waals surface area contributed by atoms with Crippen LogP contribution in [0.3, 0.4) is 0 Å². The van der Waals surface area contributed by atoms with Gasteiger partial charge in [0, 0.05) is 21.8 Å². The van der Waals surface area contributed by atoms with Crippen molar-refractivity contribution in [2.75, 3.05) is 6.54 Å². The maximum atomic E-state index is 12.1. The van der Waals surface area contributed by atoms with Gasteiger partial charge in [-0.15, -0.1) is 11.3 Å². The Morgan fingerprint density at radius 1 is 1.39 bits per heavy atom. The molecule has 1 aromatic rings. The van der Waals surface area contributed by atoms with Gasteiger partial charge in [0.25, 0.3) is 0 Å². The molecule has 1 aromatic heterocycles. The molecule has 0 aromatic carbocycles. The molecule has 0 radical (unpaired) electrons. The van der Waals surface area contributed by atoms with Gasteiger partial charge in [0.1, 0.15) is 0 Å². The van der Waals surface area contributed by atoms with E-state index in [4.69, 9.17) is 0 Å². The lowest BCUT2D eigenvalue weighted by molar-refractivity contribution is -0.135. The van der Waals surface area contributed by atoms with Crippen molar-refractivity contribution in [3.63, 3.8) is 0 Å². The standard InChI is InChI=1S/C11H14Br2F3NS/c1-2-17-8(4-3-5-11(14,15)16)9-6-7(12)10(13)18-9/h6,8,17H,2-5H2,1H3. The van der Waals surface area contributed by atoms with E-state index in [-0.39, 0.29) is 12.5 Å². The van der Waals surface area contributed by atoms with Gasteiger partial charge in [-0.1, -0.05) is 6.92 Å². The van der Waals surface area contributed by atoms with Gasteiger partial charge >= 0.3 is 6.18 Å². The van der Waals surface area contributed by atoms with E-state index in [0.29, 0.717) is 6.42 Å². The highest BCUT2D eigenvalue weighted by Gasteiger charge is 2.27. The molecular formula is C11H14Br2F3NS. The first kappa shape index (κ1) is 16.5. The molecule has 0 saturated carbocycles. The van der Waals surface area contributed by atoms with Gasteiger partial charge in [-0.25, -0.2) is 0 Å². The zero-order chi connectivity index (χ0) is 13.8. The van der Waals surface area contributed by atoms with Crippen LogP contribution in [0.25, 0.3) is 0 Å². The summed E-state index contributed by atoms with van der Waals surface area (Å²) in [6.07, 6.45) is -4.14. The summed E-state index contributed by atoms with van der Waals surface area (Å²) in [4.78, 5) is 1.05. The fourth-order valence-electron chi connectivity index (χ4n) is 1.63. The summed E-state index contributed by atoms with van der Waals surface area (Å²) in [5, 5.41) is 3.23. The van der Waals surface area contributed by atoms with Crippen LogP contribution in [0.5, 0.6) is 0 Å². The first-order valence-corrected chi connectivity index (χ1v) is 7.98. The molecule has 1 atom stereocenters. The van der Waals surface area contributed by atoms with E-state index < -0.39 is 12.6 Å². The third kappa shape index (κ3) is 5.59. The van der Waals surface area contributed by atoms with Crippen molar-refractivity contribution < 1.29 is 13.2 Å². The summed E-state index contributed by atoms with van der Waals surface area (Å²) in [5.41, 5.74) is 0. The van der Waals surface area contributed by atoms with Crippen LogP contribution in [0.1, 0.15) is 37.1 Å². The summed E-state index contributed by atoms with van der Waals surface area (Å²) in [6, 6.07) is 1.94. The highest BCUT2D eigenvalue weighted by Crippen LogP contribution is 2.37. The van der Waals surface area contributed by atoms with Crippen LogP contribution >= 0.6 is 43.2 Å². The first-order chi connectivity index (χ1) is 8.33. The predicted octanol–water partition coefficient (Wildman–Crippen LogP) is 5.66. The van der Waals surface area contributed by atoms with Crippen LogP contribution in [0.15, 0.2) is 14.3 Å². The minimum absolute atomic E-state index is 0.00931. The fraction of sp³-hybridized carbons (Fsp3) is 0.636. The lowest BCUT2D eigenvalue weighted by Crippen LogP contribution is -2.20. The molecule has 1 heterocycles. The lowest BCUT2D eigenvalue weighted by atomic mass is 10.1. The Morgan fingerprint density at radius 3 is 2.50 bits per heavy atom. The minimum Gasteiger partial charge on any atom is -0.310 e. The van der Waals surface area contributed by atoms with Gasteiger partial charge in [0.05, 0.1) is 3.79 Å². The first-order valence-electron chi connectivity index (χ1n) is 5.58. The number of nitrogens with one attached hydrogen (secondary N) is 1. The largest absolute Gasteiger partial charge is 0.389 e. The fourth-order valence-corrected chi connectivity index (χ4v) is 3.83. The van der Waals surface area contributed by atoms with Crippen LogP contribution in [0.2, 0.25) is 0 Å². The second-order valence-electron chi connectivity index (χ2n) is 3.89. The highest BCUT2D eigenvalue weighted by atomic mass is 79.9. The molecule has 0 aliphatic rings. The highest BCUT2D eigenvalue weighted by molar-refractivity contribution is 9.13. The summed E-state index contributed by atoms with van der Waals surface area (Å²) >= 11 is 8.34. The zero-order valence-corrected chi connectivity index (χ0v) is 13.8. The third-order valence-corrected chi connectivity index (χ3v) is 5.78. The zero-order valence-electron chi connectivity index (χ0n) is 9.78. The molecular weight excluding hydrogens is 395 g/mol. The monoisotopic (exact) mass is 407 g/mol. The van der Waals surface area contributed by atoms with Crippen molar-refractivity contribution in [1.29, 1.82) is 0 Å². The lowest BCUT2D eigenvalue weighted by Gasteiger charge is -2.16. The number of alkyl halides is 3. The van der Waals surface area contributed by atoms with Gasteiger partial charge in [-0.3, -0.25) is 0 Å². The molecule has 0 aliphatic heterocycles. The molecule has 7 heteroatoms. The Kier molecular flexibility index (Phi) is 6.64. The Morgan fingerprint density at radius 2 is 2.06 bits per heavy atom. The molecule has 0 spiro atoms. The molecule has 0 amide bonds. The Balaban J connectivity index is 2.60. The van der Waals surface area contributed by atoms with E-state index >= 15 is 0 Å². The van der Waals surface area contributed by atoms with Crippen LogP contribution in [0, 0.1) is 0 Å². The molecule has 0 aliphatic carbocycles. The molecule has 1 N–H and O–H groups in total. The number of halogens is 5. The number of hydrogen-bond acceptors (Lipinski definition) is 2. The summed E-state index contributed by atoms with van der Waals surface area (Å²) < 4.78 is 38.3. The average Bonchev–Trinajstić information content (AvgIpc) is 2.56. The SMILES string of the molecule is CCNC(CCCC(F)(F)F)c1cc(Br)c(Br)s1. The Labute approximate surface area is 125 Å². The normalized spacial score (nSPS) is 13.9. The molecule has 1 nitrogen and oxygen atoms in total. The molecule has 1 rings (SSSR count). The van der Waals surface area contributed by atoms with Crippen LogP contribution in [-0.2, 0) is 0 Å². The molecule has 0 saturated heterocycles. The Bertz CT molecular complexity index is 359. The second-order valence-corrected chi connectivity index (χ2v) is 7.14. The molecule has 1 unspecified atom stereocenters. The summed E-state index contributed by atoms with van der Waals surface area (Å²) in [7, 11) is 0. The van der Waals surface area contributed by atoms with E-state index in [9.17, 15) is 13.2 Å². The third-order valence-electron chi connectivity index (χ3n) is 2.41. The van der Waals surface area contributed by atoms with Crippen molar-refractivity contribution in [3.05, 3.63) is 19.2 Å². The molecule has 0 bridgehead atoms. The van der Waals surface area contributed by atoms with Crippen molar-refractivity contribution in [3.8, 4) is 0 Å². The summed E-state index contributed by atoms with van der Waals surface area (Å²) in [6.45, 7) is 2.69. The topological polar surface area (TPSA) is 12.0 Å². The number of rotatable bonds is 6. The molecule has 0 fully saturated rings. The van der Waals surface area contributed by atoms with E-state index in [1.165, 1.54) is 0 Å². The summed E-state index contributed by atoms with van der Waals surface area (Å²) in [5.74, 6) is 0. The van der Waals surface area contributed by atoms with E-state index in [2.05, 4.69) is 37.2 Å². The van der Waals surface area contributed by atoms with Crippen molar-refractivity contribution in [2.24, 2.45) is 0 Å². The minimum atomic E-state index is -4.06. The van der Waals surface area contributed by atoms with Crippen LogP contribution in [-0.4, -0.2) is 12.7 Å². The van der Waals surface area contributed by atoms with Crippen LogP contribution in [0.4, 0.5) is 13.2 Å². The second kappa shape index (κ2) is 7.26. The quantitative estimate of drug-likeness (QED) is 0.640.